The van der Waals surface area contributed by atoms with E-state index in [9.17, 15) is 0 Å². The molecule has 18 heavy (non-hydrogen) atoms. The molecular formula is C14H18N2OS. The van der Waals surface area contributed by atoms with E-state index in [0.29, 0.717) is 12.5 Å². The summed E-state index contributed by atoms with van der Waals surface area (Å²) in [5.74, 6) is 1.34. The molecule has 96 valence electrons. The third kappa shape index (κ3) is 3.01. The number of nitrogen functional groups attached to an aromatic ring is 1. The first-order valence-electron chi connectivity index (χ1n) is 5.99. The Labute approximate surface area is 112 Å². The second-order valence-corrected chi connectivity index (χ2v) is 5.54. The van der Waals surface area contributed by atoms with Gasteiger partial charge >= 0.3 is 0 Å². The average molecular weight is 262 g/mol. The molecule has 2 N–H and O–H groups in total. The summed E-state index contributed by atoms with van der Waals surface area (Å²) >= 11 is 1.69. The standard InChI is InChI=1S/C14H18N2OS/c1-9(2)14-16-12(8-18-14)7-17-13-5-4-11(15)6-10(13)3/h4-6,8-9H,7,15H2,1-3H3. The highest BCUT2D eigenvalue weighted by Crippen LogP contribution is 2.23. The first kappa shape index (κ1) is 12.9. The van der Waals surface area contributed by atoms with Crippen LogP contribution in [-0.2, 0) is 6.61 Å². The molecule has 1 aromatic heterocycles. The molecule has 1 heterocycles. The third-order valence-corrected chi connectivity index (χ3v) is 3.83. The van der Waals surface area contributed by atoms with Crippen LogP contribution < -0.4 is 10.5 Å². The number of ether oxygens (including phenoxy) is 1. The van der Waals surface area contributed by atoms with Gasteiger partial charge in [-0.2, -0.15) is 0 Å². The van der Waals surface area contributed by atoms with Gasteiger partial charge in [-0.25, -0.2) is 4.98 Å². The number of rotatable bonds is 4. The van der Waals surface area contributed by atoms with Crippen LogP contribution in [0.2, 0.25) is 0 Å². The summed E-state index contributed by atoms with van der Waals surface area (Å²) in [6.45, 7) is 6.79. The number of thiazole rings is 1. The maximum Gasteiger partial charge on any atom is 0.131 e. The summed E-state index contributed by atoms with van der Waals surface area (Å²) in [7, 11) is 0. The van der Waals surface area contributed by atoms with Crippen molar-refractivity contribution in [2.45, 2.75) is 33.3 Å². The lowest BCUT2D eigenvalue weighted by molar-refractivity contribution is 0.300. The molecule has 0 aliphatic carbocycles. The van der Waals surface area contributed by atoms with Gasteiger partial charge in [-0.05, 0) is 30.7 Å². The van der Waals surface area contributed by atoms with Crippen LogP contribution >= 0.6 is 11.3 Å². The number of benzene rings is 1. The van der Waals surface area contributed by atoms with Gasteiger partial charge in [0.25, 0.3) is 0 Å². The first-order chi connectivity index (χ1) is 8.56. The number of anilines is 1. The van der Waals surface area contributed by atoms with Gasteiger partial charge in [0.05, 0.1) is 10.7 Å². The summed E-state index contributed by atoms with van der Waals surface area (Å²) in [4.78, 5) is 4.54. The van der Waals surface area contributed by atoms with Gasteiger partial charge in [0.2, 0.25) is 0 Å². The number of aryl methyl sites for hydroxylation is 1. The van der Waals surface area contributed by atoms with Gasteiger partial charge in [-0.3, -0.25) is 0 Å². The van der Waals surface area contributed by atoms with E-state index in [1.54, 1.807) is 11.3 Å². The second-order valence-electron chi connectivity index (χ2n) is 4.65. The molecular weight excluding hydrogens is 244 g/mol. The fraction of sp³-hybridized carbons (Fsp3) is 0.357. The number of nitrogens with two attached hydrogens (primary N) is 1. The summed E-state index contributed by atoms with van der Waals surface area (Å²) in [5, 5.41) is 3.21. The minimum absolute atomic E-state index is 0.474. The SMILES string of the molecule is Cc1cc(N)ccc1OCc1csc(C(C)C)n1. The van der Waals surface area contributed by atoms with Crippen LogP contribution in [0, 0.1) is 6.92 Å². The zero-order chi connectivity index (χ0) is 13.1. The third-order valence-electron chi connectivity index (χ3n) is 2.64. The Morgan fingerprint density at radius 3 is 2.78 bits per heavy atom. The lowest BCUT2D eigenvalue weighted by atomic mass is 10.2. The Morgan fingerprint density at radius 1 is 1.39 bits per heavy atom. The number of aromatic nitrogens is 1. The van der Waals surface area contributed by atoms with E-state index in [0.717, 1.165) is 27.7 Å². The number of hydrogen-bond acceptors (Lipinski definition) is 4. The zero-order valence-electron chi connectivity index (χ0n) is 10.9. The quantitative estimate of drug-likeness (QED) is 0.854. The maximum atomic E-state index is 5.76. The summed E-state index contributed by atoms with van der Waals surface area (Å²) in [5.41, 5.74) is 8.50. The highest BCUT2D eigenvalue weighted by molar-refractivity contribution is 7.09. The maximum absolute atomic E-state index is 5.76. The molecule has 3 nitrogen and oxygen atoms in total. The molecule has 0 aliphatic heterocycles. The largest absolute Gasteiger partial charge is 0.487 e. The second kappa shape index (κ2) is 5.40. The average Bonchev–Trinajstić information content (AvgIpc) is 2.76. The van der Waals surface area contributed by atoms with Gasteiger partial charge in [0, 0.05) is 17.0 Å². The smallest absolute Gasteiger partial charge is 0.131 e. The summed E-state index contributed by atoms with van der Waals surface area (Å²) < 4.78 is 5.76. The van der Waals surface area contributed by atoms with Crippen LogP contribution in [0.5, 0.6) is 5.75 Å². The van der Waals surface area contributed by atoms with Crippen molar-refractivity contribution in [3.05, 3.63) is 39.8 Å². The van der Waals surface area contributed by atoms with E-state index in [4.69, 9.17) is 10.5 Å². The Balaban J connectivity index is 2.02. The Kier molecular flexibility index (Phi) is 3.87. The molecule has 0 aliphatic rings. The van der Waals surface area contributed by atoms with Crippen molar-refractivity contribution in [1.82, 2.24) is 4.98 Å². The Hall–Kier alpha value is -1.55. The molecule has 0 bridgehead atoms. The van der Waals surface area contributed by atoms with Gasteiger partial charge < -0.3 is 10.5 Å². The molecule has 0 unspecified atom stereocenters. The molecule has 0 radical (unpaired) electrons. The Bertz CT molecular complexity index is 534. The van der Waals surface area contributed by atoms with Crippen LogP contribution in [0.1, 0.15) is 36.0 Å². The van der Waals surface area contributed by atoms with E-state index in [1.165, 1.54) is 0 Å². The topological polar surface area (TPSA) is 48.1 Å². The molecule has 0 spiro atoms. The highest BCUT2D eigenvalue weighted by atomic mass is 32.1. The molecule has 2 aromatic rings. The lowest BCUT2D eigenvalue weighted by Gasteiger charge is -2.08. The van der Waals surface area contributed by atoms with Crippen LogP contribution in [0.3, 0.4) is 0 Å². The van der Waals surface area contributed by atoms with Crippen molar-refractivity contribution in [1.29, 1.82) is 0 Å². The first-order valence-corrected chi connectivity index (χ1v) is 6.87. The molecule has 0 fully saturated rings. The van der Waals surface area contributed by atoms with Crippen LogP contribution in [0.15, 0.2) is 23.6 Å². The molecule has 0 atom stereocenters. The normalized spacial score (nSPS) is 10.9. The fourth-order valence-electron chi connectivity index (χ4n) is 1.64. The van der Waals surface area contributed by atoms with Crippen molar-refractivity contribution in [2.75, 3.05) is 5.73 Å². The highest BCUT2D eigenvalue weighted by Gasteiger charge is 2.07. The van der Waals surface area contributed by atoms with Crippen LogP contribution in [0.25, 0.3) is 0 Å². The summed E-state index contributed by atoms with van der Waals surface area (Å²) in [6, 6.07) is 5.67. The molecule has 0 amide bonds. The van der Waals surface area contributed by atoms with Crippen molar-refractivity contribution in [3.63, 3.8) is 0 Å². The van der Waals surface area contributed by atoms with E-state index < -0.39 is 0 Å². The van der Waals surface area contributed by atoms with Crippen molar-refractivity contribution >= 4 is 17.0 Å². The van der Waals surface area contributed by atoms with Crippen molar-refractivity contribution in [3.8, 4) is 5.75 Å². The molecule has 2 rings (SSSR count). The van der Waals surface area contributed by atoms with Crippen molar-refractivity contribution < 1.29 is 4.74 Å². The predicted molar refractivity (Wildman–Crippen MR) is 76.1 cm³/mol. The van der Waals surface area contributed by atoms with Crippen LogP contribution in [0.4, 0.5) is 5.69 Å². The van der Waals surface area contributed by atoms with Crippen molar-refractivity contribution in [2.24, 2.45) is 0 Å². The fourth-order valence-corrected chi connectivity index (χ4v) is 2.46. The zero-order valence-corrected chi connectivity index (χ0v) is 11.8. The number of nitrogens with zero attached hydrogens (tertiary/aromatic N) is 1. The van der Waals surface area contributed by atoms with Crippen LogP contribution in [-0.4, -0.2) is 4.98 Å². The Morgan fingerprint density at radius 2 is 2.17 bits per heavy atom. The monoisotopic (exact) mass is 262 g/mol. The van der Waals surface area contributed by atoms with Gasteiger partial charge in [0.1, 0.15) is 12.4 Å². The van der Waals surface area contributed by atoms with E-state index in [-0.39, 0.29) is 0 Å². The van der Waals surface area contributed by atoms with E-state index >= 15 is 0 Å². The van der Waals surface area contributed by atoms with E-state index in [1.807, 2.05) is 25.1 Å². The lowest BCUT2D eigenvalue weighted by Crippen LogP contribution is -1.98. The number of hydrogen-bond donors (Lipinski definition) is 1. The molecule has 0 saturated heterocycles. The summed E-state index contributed by atoms with van der Waals surface area (Å²) in [6.07, 6.45) is 0. The molecule has 4 heteroatoms. The van der Waals surface area contributed by atoms with Gasteiger partial charge in [-0.15, -0.1) is 11.3 Å². The minimum Gasteiger partial charge on any atom is -0.487 e. The van der Waals surface area contributed by atoms with E-state index in [2.05, 4.69) is 24.2 Å². The predicted octanol–water partition coefficient (Wildman–Crippen LogP) is 3.74. The molecule has 1 aromatic carbocycles. The van der Waals surface area contributed by atoms with Gasteiger partial charge in [0.15, 0.2) is 0 Å². The van der Waals surface area contributed by atoms with Gasteiger partial charge in [-0.1, -0.05) is 13.8 Å². The minimum atomic E-state index is 0.474. The molecule has 0 saturated carbocycles.